The third kappa shape index (κ3) is 2.47. The molecule has 24 heavy (non-hydrogen) atoms. The summed E-state index contributed by atoms with van der Waals surface area (Å²) in [7, 11) is 0. The monoisotopic (exact) mass is 343 g/mol. The highest BCUT2D eigenvalue weighted by molar-refractivity contribution is 6.32. The number of amides is 1. The standard InChI is InChI=1S/C17H18ClN5O/c1-10-14(15(18)22-21-10)17(24)23-7-4-11(5-8-23)13-9-20-16-12(13)3-2-6-19-16/h2-3,6,9,11H,4-5,7-8H2,1H3,(H,19,20)(H,21,22). The van der Waals surface area contributed by atoms with E-state index in [4.69, 9.17) is 11.6 Å². The maximum Gasteiger partial charge on any atom is 0.258 e. The van der Waals surface area contributed by atoms with Gasteiger partial charge < -0.3 is 9.88 Å². The largest absolute Gasteiger partial charge is 0.346 e. The number of carbonyl (C=O) groups excluding carboxylic acids is 1. The number of likely N-dealkylation sites (tertiary alicyclic amines) is 1. The number of aromatic nitrogens is 4. The fourth-order valence-corrected chi connectivity index (χ4v) is 3.78. The molecule has 6 nitrogen and oxygen atoms in total. The number of nitrogens with one attached hydrogen (secondary N) is 2. The van der Waals surface area contributed by atoms with Gasteiger partial charge in [0.15, 0.2) is 5.15 Å². The van der Waals surface area contributed by atoms with Gasteiger partial charge in [0.05, 0.1) is 5.56 Å². The van der Waals surface area contributed by atoms with Crippen molar-refractivity contribution in [1.29, 1.82) is 0 Å². The van der Waals surface area contributed by atoms with Crippen LogP contribution in [0.25, 0.3) is 11.0 Å². The first kappa shape index (κ1) is 15.2. The lowest BCUT2D eigenvalue weighted by Crippen LogP contribution is -2.38. The van der Waals surface area contributed by atoms with E-state index in [0.29, 0.717) is 11.5 Å². The third-order valence-corrected chi connectivity index (χ3v) is 5.10. The van der Waals surface area contributed by atoms with E-state index in [0.717, 1.165) is 37.3 Å². The molecule has 1 aliphatic rings. The fraction of sp³-hybridized carbons (Fsp3) is 0.353. The molecule has 0 saturated carbocycles. The van der Waals surface area contributed by atoms with Crippen LogP contribution in [0.1, 0.15) is 40.4 Å². The number of aryl methyl sites for hydroxylation is 1. The van der Waals surface area contributed by atoms with Crippen LogP contribution in [0.2, 0.25) is 5.15 Å². The van der Waals surface area contributed by atoms with Crippen LogP contribution >= 0.6 is 11.6 Å². The van der Waals surface area contributed by atoms with Crippen molar-refractivity contribution in [3.63, 3.8) is 0 Å². The number of pyridine rings is 1. The Balaban J connectivity index is 1.50. The summed E-state index contributed by atoms with van der Waals surface area (Å²) in [4.78, 5) is 22.1. The Morgan fingerprint density at radius 2 is 2.17 bits per heavy atom. The molecule has 0 unspecified atom stereocenters. The molecule has 0 atom stereocenters. The van der Waals surface area contributed by atoms with Gasteiger partial charge in [-0.2, -0.15) is 5.10 Å². The number of H-pyrrole nitrogens is 2. The number of rotatable bonds is 2. The smallest absolute Gasteiger partial charge is 0.258 e. The van der Waals surface area contributed by atoms with E-state index in [1.807, 2.05) is 17.9 Å². The zero-order valence-corrected chi connectivity index (χ0v) is 14.1. The molecular formula is C17H18ClN5O. The minimum atomic E-state index is -0.0368. The van der Waals surface area contributed by atoms with Crippen LogP contribution in [0.15, 0.2) is 24.5 Å². The highest BCUT2D eigenvalue weighted by atomic mass is 35.5. The zero-order chi connectivity index (χ0) is 16.7. The second-order valence-electron chi connectivity index (χ2n) is 6.22. The summed E-state index contributed by atoms with van der Waals surface area (Å²) in [6, 6.07) is 4.06. The van der Waals surface area contributed by atoms with Crippen molar-refractivity contribution in [1.82, 2.24) is 25.1 Å². The van der Waals surface area contributed by atoms with Crippen molar-refractivity contribution in [2.75, 3.05) is 13.1 Å². The molecule has 0 bridgehead atoms. The average molecular weight is 344 g/mol. The van der Waals surface area contributed by atoms with E-state index >= 15 is 0 Å². The lowest BCUT2D eigenvalue weighted by molar-refractivity contribution is 0.0713. The van der Waals surface area contributed by atoms with E-state index in [2.05, 4.69) is 32.4 Å². The number of aromatic amines is 2. The number of fused-ring (bicyclic) bond motifs is 1. The first-order valence-corrected chi connectivity index (χ1v) is 8.44. The molecule has 1 saturated heterocycles. The van der Waals surface area contributed by atoms with Gasteiger partial charge in [0, 0.05) is 36.6 Å². The molecule has 0 aromatic carbocycles. The van der Waals surface area contributed by atoms with Gasteiger partial charge in [-0.25, -0.2) is 4.98 Å². The van der Waals surface area contributed by atoms with Gasteiger partial charge in [-0.1, -0.05) is 11.6 Å². The number of hydrogen-bond acceptors (Lipinski definition) is 3. The van der Waals surface area contributed by atoms with Gasteiger partial charge in [-0.15, -0.1) is 0 Å². The van der Waals surface area contributed by atoms with Gasteiger partial charge in [0.1, 0.15) is 5.65 Å². The number of nitrogens with zero attached hydrogens (tertiary/aromatic N) is 3. The Morgan fingerprint density at radius 3 is 2.88 bits per heavy atom. The summed E-state index contributed by atoms with van der Waals surface area (Å²) in [5.41, 5.74) is 3.43. The Bertz CT molecular complexity index is 872. The van der Waals surface area contributed by atoms with Gasteiger partial charge >= 0.3 is 0 Å². The van der Waals surface area contributed by atoms with Crippen LogP contribution in [0.4, 0.5) is 0 Å². The van der Waals surface area contributed by atoms with E-state index in [1.54, 1.807) is 6.20 Å². The number of carbonyl (C=O) groups is 1. The first-order valence-electron chi connectivity index (χ1n) is 8.07. The topological polar surface area (TPSA) is 77.7 Å². The second-order valence-corrected chi connectivity index (χ2v) is 6.58. The molecule has 4 rings (SSSR count). The van der Waals surface area contributed by atoms with Crippen molar-refractivity contribution in [3.8, 4) is 0 Å². The molecule has 2 N–H and O–H groups in total. The molecule has 0 aliphatic carbocycles. The zero-order valence-electron chi connectivity index (χ0n) is 13.3. The van der Waals surface area contributed by atoms with Crippen molar-refractivity contribution in [2.24, 2.45) is 0 Å². The Morgan fingerprint density at radius 1 is 1.38 bits per heavy atom. The summed E-state index contributed by atoms with van der Waals surface area (Å²) < 4.78 is 0. The molecule has 1 amide bonds. The molecule has 3 aromatic rings. The van der Waals surface area contributed by atoms with Gasteiger partial charge in [0.25, 0.3) is 5.91 Å². The predicted molar refractivity (Wildman–Crippen MR) is 92.3 cm³/mol. The predicted octanol–water partition coefficient (Wildman–Crippen LogP) is 3.27. The lowest BCUT2D eigenvalue weighted by atomic mass is 9.89. The van der Waals surface area contributed by atoms with Gasteiger partial charge in [-0.05, 0) is 43.4 Å². The Kier molecular flexibility index (Phi) is 3.76. The molecule has 1 aliphatic heterocycles. The SMILES string of the molecule is Cc1[nH]nc(Cl)c1C(=O)N1CCC(c2c[nH]c3ncccc23)CC1. The second kappa shape index (κ2) is 5.94. The lowest BCUT2D eigenvalue weighted by Gasteiger charge is -2.32. The quantitative estimate of drug-likeness (QED) is 0.749. The maximum absolute atomic E-state index is 12.7. The average Bonchev–Trinajstić information content (AvgIpc) is 3.18. The minimum Gasteiger partial charge on any atom is -0.346 e. The van der Waals surface area contributed by atoms with E-state index in [9.17, 15) is 4.79 Å². The van der Waals surface area contributed by atoms with Crippen molar-refractivity contribution >= 4 is 28.5 Å². The van der Waals surface area contributed by atoms with Gasteiger partial charge in [-0.3, -0.25) is 9.89 Å². The molecule has 124 valence electrons. The molecule has 0 spiro atoms. The van der Waals surface area contributed by atoms with Crippen LogP contribution < -0.4 is 0 Å². The summed E-state index contributed by atoms with van der Waals surface area (Å²) in [5.74, 6) is 0.401. The Hall–Kier alpha value is -2.34. The molecule has 7 heteroatoms. The van der Waals surface area contributed by atoms with Crippen molar-refractivity contribution < 1.29 is 4.79 Å². The van der Waals surface area contributed by atoms with Crippen LogP contribution in [0, 0.1) is 6.92 Å². The van der Waals surface area contributed by atoms with Crippen LogP contribution in [0.3, 0.4) is 0 Å². The molecule has 3 aromatic heterocycles. The molecule has 1 fully saturated rings. The number of halogens is 1. The molecule has 4 heterocycles. The number of hydrogen-bond donors (Lipinski definition) is 2. The maximum atomic E-state index is 12.7. The highest BCUT2D eigenvalue weighted by Gasteiger charge is 2.28. The summed E-state index contributed by atoms with van der Waals surface area (Å²) >= 11 is 6.03. The summed E-state index contributed by atoms with van der Waals surface area (Å²) in [6.45, 7) is 3.26. The minimum absolute atomic E-state index is 0.0368. The first-order chi connectivity index (χ1) is 11.6. The summed E-state index contributed by atoms with van der Waals surface area (Å²) in [5, 5.41) is 8.10. The number of piperidine rings is 1. The van der Waals surface area contributed by atoms with Crippen molar-refractivity contribution in [3.05, 3.63) is 46.5 Å². The third-order valence-electron chi connectivity index (χ3n) is 4.82. The van der Waals surface area contributed by atoms with E-state index < -0.39 is 0 Å². The van der Waals surface area contributed by atoms with Crippen LogP contribution in [-0.2, 0) is 0 Å². The fourth-order valence-electron chi connectivity index (χ4n) is 3.51. The molecule has 0 radical (unpaired) electrons. The van der Waals surface area contributed by atoms with Crippen LogP contribution in [0.5, 0.6) is 0 Å². The van der Waals surface area contributed by atoms with Crippen LogP contribution in [-0.4, -0.2) is 44.1 Å². The molecular weight excluding hydrogens is 326 g/mol. The summed E-state index contributed by atoms with van der Waals surface area (Å²) in [6.07, 6.45) is 5.71. The Labute approximate surface area is 144 Å². The normalized spacial score (nSPS) is 16.0. The van der Waals surface area contributed by atoms with E-state index in [-0.39, 0.29) is 11.1 Å². The van der Waals surface area contributed by atoms with Crippen molar-refractivity contribution in [2.45, 2.75) is 25.7 Å². The highest BCUT2D eigenvalue weighted by Crippen LogP contribution is 2.33. The van der Waals surface area contributed by atoms with Gasteiger partial charge in [0.2, 0.25) is 0 Å². The van der Waals surface area contributed by atoms with E-state index in [1.165, 1.54) is 10.9 Å².